The number of halogens is 1. The summed E-state index contributed by atoms with van der Waals surface area (Å²) in [4.78, 5) is 0. The number of rotatable bonds is 3. The average Bonchev–Trinajstić information content (AvgIpc) is 2.38. The molecule has 1 aliphatic carbocycles. The van der Waals surface area contributed by atoms with Crippen molar-refractivity contribution in [3.63, 3.8) is 0 Å². The molecule has 0 aromatic heterocycles. The van der Waals surface area contributed by atoms with E-state index in [4.69, 9.17) is 5.26 Å². The Kier molecular flexibility index (Phi) is 4.20. The van der Waals surface area contributed by atoms with E-state index in [1.807, 2.05) is 6.07 Å². The Morgan fingerprint density at radius 1 is 1.21 bits per heavy atom. The van der Waals surface area contributed by atoms with Crippen molar-refractivity contribution in [2.45, 2.75) is 43.1 Å². The van der Waals surface area contributed by atoms with Crippen molar-refractivity contribution in [2.75, 3.05) is 0 Å². The lowest BCUT2D eigenvalue weighted by atomic mass is 10.0. The van der Waals surface area contributed by atoms with Gasteiger partial charge in [-0.3, -0.25) is 0 Å². The first-order chi connectivity index (χ1) is 9.01. The second-order valence-corrected chi connectivity index (χ2v) is 7.31. The van der Waals surface area contributed by atoms with Gasteiger partial charge in [-0.1, -0.05) is 19.3 Å². The van der Waals surface area contributed by atoms with Crippen LogP contribution < -0.4 is 0 Å². The maximum Gasteiger partial charge on any atom is 0.157 e. The highest BCUT2D eigenvalue weighted by molar-refractivity contribution is 7.91. The normalized spacial score (nSPS) is 17.1. The van der Waals surface area contributed by atoms with Gasteiger partial charge in [0.1, 0.15) is 5.82 Å². The number of nitrogens with zero attached hydrogens (tertiary/aromatic N) is 1. The Labute approximate surface area is 113 Å². The van der Waals surface area contributed by atoms with Crippen LogP contribution in [0.1, 0.15) is 43.2 Å². The first-order valence-electron chi connectivity index (χ1n) is 6.42. The second kappa shape index (κ2) is 5.70. The van der Waals surface area contributed by atoms with Crippen LogP contribution in [0.5, 0.6) is 0 Å². The predicted molar refractivity (Wildman–Crippen MR) is 70.6 cm³/mol. The fraction of sp³-hybridized carbons (Fsp3) is 0.500. The van der Waals surface area contributed by atoms with Crippen LogP contribution in [0.15, 0.2) is 18.2 Å². The van der Waals surface area contributed by atoms with Gasteiger partial charge >= 0.3 is 0 Å². The van der Waals surface area contributed by atoms with E-state index >= 15 is 0 Å². The van der Waals surface area contributed by atoms with Crippen LogP contribution in [0.25, 0.3) is 0 Å². The standard InChI is InChI=1S/C14H16FNO2S/c15-13-7-11(9-16)6-12(8-13)10-19(17,18)14-4-2-1-3-5-14/h6-8,14H,1-5,10H2. The monoisotopic (exact) mass is 281 g/mol. The summed E-state index contributed by atoms with van der Waals surface area (Å²) in [6.45, 7) is 0. The van der Waals surface area contributed by atoms with Crippen LogP contribution in [-0.4, -0.2) is 13.7 Å². The van der Waals surface area contributed by atoms with Gasteiger partial charge in [-0.25, -0.2) is 12.8 Å². The molecule has 5 heteroatoms. The van der Waals surface area contributed by atoms with Gasteiger partial charge < -0.3 is 0 Å². The third-order valence-corrected chi connectivity index (χ3v) is 5.74. The van der Waals surface area contributed by atoms with Gasteiger partial charge in [-0.15, -0.1) is 0 Å². The average molecular weight is 281 g/mol. The van der Waals surface area contributed by atoms with Crippen molar-refractivity contribution in [1.82, 2.24) is 0 Å². The van der Waals surface area contributed by atoms with Crippen molar-refractivity contribution in [3.8, 4) is 6.07 Å². The van der Waals surface area contributed by atoms with Crippen LogP contribution in [-0.2, 0) is 15.6 Å². The minimum atomic E-state index is -3.25. The Bertz CT molecular complexity index is 598. The molecule has 3 nitrogen and oxygen atoms in total. The molecule has 0 bridgehead atoms. The van der Waals surface area contributed by atoms with E-state index in [0.29, 0.717) is 18.4 Å². The van der Waals surface area contributed by atoms with Crippen LogP contribution >= 0.6 is 0 Å². The molecule has 0 unspecified atom stereocenters. The van der Waals surface area contributed by atoms with Crippen LogP contribution in [0.2, 0.25) is 0 Å². The summed E-state index contributed by atoms with van der Waals surface area (Å²) in [5.41, 5.74) is 0.524. The predicted octanol–water partition coefficient (Wildman–Crippen LogP) is 2.94. The summed E-state index contributed by atoms with van der Waals surface area (Å²) < 4.78 is 37.8. The molecule has 0 N–H and O–H groups in total. The second-order valence-electron chi connectivity index (χ2n) is 5.03. The minimum absolute atomic E-state index is 0.161. The number of sulfone groups is 1. The van der Waals surface area contributed by atoms with E-state index in [2.05, 4.69) is 0 Å². The van der Waals surface area contributed by atoms with E-state index in [1.165, 1.54) is 12.1 Å². The molecule has 0 radical (unpaired) electrons. The topological polar surface area (TPSA) is 57.9 Å². The van der Waals surface area contributed by atoms with Gasteiger partial charge in [0.2, 0.25) is 0 Å². The molecular formula is C14H16FNO2S. The van der Waals surface area contributed by atoms with Gasteiger partial charge in [0.05, 0.1) is 22.6 Å². The molecule has 1 aromatic carbocycles. The van der Waals surface area contributed by atoms with Crippen LogP contribution in [0.4, 0.5) is 4.39 Å². The van der Waals surface area contributed by atoms with Gasteiger partial charge in [0.15, 0.2) is 9.84 Å². The molecule has 0 aliphatic heterocycles. The van der Waals surface area contributed by atoms with Gasteiger partial charge in [0.25, 0.3) is 0 Å². The van der Waals surface area contributed by atoms with Crippen molar-refractivity contribution in [3.05, 3.63) is 35.1 Å². The van der Waals surface area contributed by atoms with E-state index < -0.39 is 15.7 Å². The van der Waals surface area contributed by atoms with Crippen molar-refractivity contribution in [1.29, 1.82) is 5.26 Å². The van der Waals surface area contributed by atoms with Gasteiger partial charge in [0, 0.05) is 0 Å². The minimum Gasteiger partial charge on any atom is -0.228 e. The lowest BCUT2D eigenvalue weighted by molar-refractivity contribution is 0.483. The van der Waals surface area contributed by atoms with E-state index in [9.17, 15) is 12.8 Å². The lowest BCUT2D eigenvalue weighted by Gasteiger charge is -2.21. The maximum absolute atomic E-state index is 13.3. The third kappa shape index (κ3) is 3.54. The first-order valence-corrected chi connectivity index (χ1v) is 8.14. The Hall–Kier alpha value is -1.41. The molecule has 1 aromatic rings. The summed E-state index contributed by atoms with van der Waals surface area (Å²) in [5, 5.41) is 8.46. The molecule has 19 heavy (non-hydrogen) atoms. The number of nitriles is 1. The summed E-state index contributed by atoms with van der Waals surface area (Å²) in [6, 6.07) is 5.59. The number of benzene rings is 1. The van der Waals surface area contributed by atoms with Crippen molar-refractivity contribution >= 4 is 9.84 Å². The molecule has 0 spiro atoms. The zero-order chi connectivity index (χ0) is 13.9. The quantitative estimate of drug-likeness (QED) is 0.856. The molecule has 2 rings (SSSR count). The molecule has 0 atom stereocenters. The van der Waals surface area contributed by atoms with Gasteiger partial charge in [-0.05, 0) is 36.6 Å². The highest BCUT2D eigenvalue weighted by atomic mass is 32.2. The van der Waals surface area contributed by atoms with Crippen molar-refractivity contribution < 1.29 is 12.8 Å². The zero-order valence-electron chi connectivity index (χ0n) is 10.6. The molecule has 1 aliphatic rings. The summed E-state index contributed by atoms with van der Waals surface area (Å²) in [7, 11) is -3.25. The summed E-state index contributed by atoms with van der Waals surface area (Å²) >= 11 is 0. The zero-order valence-corrected chi connectivity index (χ0v) is 11.4. The molecule has 1 saturated carbocycles. The Balaban J connectivity index is 2.20. The van der Waals surface area contributed by atoms with E-state index in [0.717, 1.165) is 25.3 Å². The fourth-order valence-corrected chi connectivity index (χ4v) is 4.49. The number of hydrogen-bond donors (Lipinski definition) is 0. The molecule has 0 saturated heterocycles. The highest BCUT2D eigenvalue weighted by Crippen LogP contribution is 2.26. The highest BCUT2D eigenvalue weighted by Gasteiger charge is 2.27. The van der Waals surface area contributed by atoms with Crippen LogP contribution in [0.3, 0.4) is 0 Å². The van der Waals surface area contributed by atoms with Crippen molar-refractivity contribution in [2.24, 2.45) is 0 Å². The lowest BCUT2D eigenvalue weighted by Crippen LogP contribution is -2.25. The van der Waals surface area contributed by atoms with Gasteiger partial charge in [-0.2, -0.15) is 5.26 Å². The molecule has 0 amide bonds. The fourth-order valence-electron chi connectivity index (χ4n) is 2.57. The molecule has 0 heterocycles. The Morgan fingerprint density at radius 3 is 2.53 bits per heavy atom. The smallest absolute Gasteiger partial charge is 0.157 e. The van der Waals surface area contributed by atoms with Crippen LogP contribution in [0, 0.1) is 17.1 Å². The summed E-state index contributed by atoms with van der Waals surface area (Å²) in [6.07, 6.45) is 4.36. The first kappa shape index (κ1) is 14.0. The molecule has 102 valence electrons. The third-order valence-electron chi connectivity index (χ3n) is 3.51. The Morgan fingerprint density at radius 2 is 1.89 bits per heavy atom. The summed E-state index contributed by atoms with van der Waals surface area (Å²) in [5.74, 6) is -0.739. The van der Waals surface area contributed by atoms with E-state index in [-0.39, 0.29) is 16.6 Å². The maximum atomic E-state index is 13.3. The number of hydrogen-bond acceptors (Lipinski definition) is 3. The molecular weight excluding hydrogens is 265 g/mol. The molecule has 1 fully saturated rings. The SMILES string of the molecule is N#Cc1cc(F)cc(CS(=O)(=O)C2CCCCC2)c1. The largest absolute Gasteiger partial charge is 0.228 e. The van der Waals surface area contributed by atoms with E-state index in [1.54, 1.807) is 0 Å².